The Morgan fingerprint density at radius 3 is 2.76 bits per heavy atom. The van der Waals surface area contributed by atoms with Crippen molar-refractivity contribution < 1.29 is 4.39 Å². The molecule has 0 atom stereocenters. The Hall–Kier alpha value is -2.74. The highest BCUT2D eigenvalue weighted by atomic mass is 35.5. The van der Waals surface area contributed by atoms with E-state index in [4.69, 9.17) is 17.3 Å². The van der Waals surface area contributed by atoms with E-state index in [1.165, 1.54) is 18.5 Å². The lowest BCUT2D eigenvalue weighted by molar-refractivity contribution is 0.628. The minimum absolute atomic E-state index is 0.0266. The molecule has 2 aromatic heterocycles. The molecule has 3 N–H and O–H groups in total. The van der Waals surface area contributed by atoms with Gasteiger partial charge in [0.25, 0.3) is 0 Å². The van der Waals surface area contributed by atoms with Crippen LogP contribution in [0.5, 0.6) is 0 Å². The van der Waals surface area contributed by atoms with Crippen molar-refractivity contribution >= 4 is 29.2 Å². The van der Waals surface area contributed by atoms with Gasteiger partial charge in [0.1, 0.15) is 12.1 Å². The molecule has 7 nitrogen and oxygen atoms in total. The number of nitrogen functional groups attached to an aromatic ring is 1. The second kappa shape index (κ2) is 5.33. The predicted octanol–water partition coefficient (Wildman–Crippen LogP) is 2.18. The maximum atomic E-state index is 13.3. The van der Waals surface area contributed by atoms with Gasteiger partial charge in [-0.25, -0.2) is 9.37 Å². The minimum atomic E-state index is -0.470. The van der Waals surface area contributed by atoms with Gasteiger partial charge in [0.15, 0.2) is 0 Å². The fourth-order valence-electron chi connectivity index (χ4n) is 1.68. The molecule has 2 heterocycles. The van der Waals surface area contributed by atoms with Crippen molar-refractivity contribution in [2.45, 2.75) is 0 Å². The molecule has 0 unspecified atom stereocenters. The monoisotopic (exact) mass is 305 g/mol. The third-order valence-corrected chi connectivity index (χ3v) is 2.71. The zero-order valence-corrected chi connectivity index (χ0v) is 11.3. The summed E-state index contributed by atoms with van der Waals surface area (Å²) in [5.41, 5.74) is 6.05. The Balaban J connectivity index is 1.95. The second-order valence-corrected chi connectivity index (χ2v) is 4.51. The normalized spacial score (nSPS) is 10.6. The third-order valence-electron chi connectivity index (χ3n) is 2.49. The number of halogens is 2. The minimum Gasteiger partial charge on any atom is -0.368 e. The molecule has 0 radical (unpaired) electrons. The zero-order valence-electron chi connectivity index (χ0n) is 10.5. The van der Waals surface area contributed by atoms with Gasteiger partial charge in [-0.3, -0.25) is 4.57 Å². The topological polar surface area (TPSA) is 94.5 Å². The molecule has 0 aliphatic heterocycles. The Labute approximate surface area is 123 Å². The van der Waals surface area contributed by atoms with Gasteiger partial charge in [0.05, 0.1) is 0 Å². The van der Waals surface area contributed by atoms with Crippen LogP contribution in [0, 0.1) is 5.82 Å². The van der Waals surface area contributed by atoms with Crippen molar-refractivity contribution in [3.63, 3.8) is 0 Å². The smallest absolute Gasteiger partial charge is 0.241 e. The maximum Gasteiger partial charge on any atom is 0.241 e. The molecule has 3 aromatic rings. The molecular formula is C12H9ClFN7. The van der Waals surface area contributed by atoms with Crippen molar-refractivity contribution in [1.82, 2.24) is 24.5 Å². The highest BCUT2D eigenvalue weighted by Crippen LogP contribution is 2.21. The summed E-state index contributed by atoms with van der Waals surface area (Å²) in [6, 6.07) is 4.01. The van der Waals surface area contributed by atoms with Gasteiger partial charge in [-0.15, -0.1) is 0 Å². The third kappa shape index (κ3) is 3.06. The number of hydrogen-bond donors (Lipinski definition) is 2. The molecule has 0 saturated carbocycles. The summed E-state index contributed by atoms with van der Waals surface area (Å²) in [7, 11) is 0. The van der Waals surface area contributed by atoms with E-state index in [0.717, 1.165) is 0 Å². The fourth-order valence-corrected chi connectivity index (χ4v) is 1.91. The Morgan fingerprint density at radius 1 is 1.19 bits per heavy atom. The van der Waals surface area contributed by atoms with E-state index >= 15 is 0 Å². The van der Waals surface area contributed by atoms with Crippen molar-refractivity contribution in [2.24, 2.45) is 0 Å². The molecular weight excluding hydrogens is 297 g/mol. The van der Waals surface area contributed by atoms with Gasteiger partial charge in [0, 0.05) is 23.1 Å². The van der Waals surface area contributed by atoms with Crippen LogP contribution in [0.25, 0.3) is 5.95 Å². The van der Waals surface area contributed by atoms with Gasteiger partial charge >= 0.3 is 0 Å². The van der Waals surface area contributed by atoms with Gasteiger partial charge in [-0.05, 0) is 18.2 Å². The lowest BCUT2D eigenvalue weighted by Gasteiger charge is -2.08. The summed E-state index contributed by atoms with van der Waals surface area (Å²) < 4.78 is 14.9. The van der Waals surface area contributed by atoms with Crippen LogP contribution in [-0.4, -0.2) is 24.5 Å². The molecule has 0 spiro atoms. The summed E-state index contributed by atoms with van der Waals surface area (Å²) in [6.07, 6.45) is 4.77. The zero-order chi connectivity index (χ0) is 14.8. The molecule has 0 amide bonds. The van der Waals surface area contributed by atoms with E-state index in [-0.39, 0.29) is 16.9 Å². The Morgan fingerprint density at radius 2 is 2.05 bits per heavy atom. The first-order chi connectivity index (χ1) is 10.1. The predicted molar refractivity (Wildman–Crippen MR) is 76.1 cm³/mol. The largest absolute Gasteiger partial charge is 0.368 e. The van der Waals surface area contributed by atoms with Crippen LogP contribution >= 0.6 is 11.6 Å². The second-order valence-electron chi connectivity index (χ2n) is 4.07. The number of hydrogen-bond acceptors (Lipinski definition) is 6. The van der Waals surface area contributed by atoms with E-state index in [2.05, 4.69) is 25.3 Å². The van der Waals surface area contributed by atoms with Crippen molar-refractivity contribution in [3.8, 4) is 5.95 Å². The average Bonchev–Trinajstić information content (AvgIpc) is 2.90. The SMILES string of the molecule is Nc1nc(Nc2cc(F)cc(Cl)c2)nc(-n2ccnc2)n1. The number of imidazole rings is 1. The molecule has 0 aliphatic rings. The van der Waals surface area contributed by atoms with Gasteiger partial charge in [0.2, 0.25) is 17.8 Å². The van der Waals surface area contributed by atoms with Crippen molar-refractivity contribution in [2.75, 3.05) is 11.1 Å². The van der Waals surface area contributed by atoms with E-state index in [9.17, 15) is 4.39 Å². The van der Waals surface area contributed by atoms with Crippen LogP contribution < -0.4 is 11.1 Å². The first-order valence-corrected chi connectivity index (χ1v) is 6.21. The number of nitrogens with zero attached hydrogens (tertiary/aromatic N) is 5. The van der Waals surface area contributed by atoms with Crippen LogP contribution in [0.4, 0.5) is 22.0 Å². The molecule has 3 rings (SSSR count). The van der Waals surface area contributed by atoms with E-state index in [1.54, 1.807) is 23.0 Å². The highest BCUT2D eigenvalue weighted by molar-refractivity contribution is 6.30. The van der Waals surface area contributed by atoms with Crippen LogP contribution in [0.1, 0.15) is 0 Å². The molecule has 0 bridgehead atoms. The van der Waals surface area contributed by atoms with Crippen LogP contribution in [0.3, 0.4) is 0 Å². The number of rotatable bonds is 3. The van der Waals surface area contributed by atoms with Crippen molar-refractivity contribution in [1.29, 1.82) is 0 Å². The van der Waals surface area contributed by atoms with E-state index in [0.29, 0.717) is 11.6 Å². The number of anilines is 3. The Kier molecular flexibility index (Phi) is 3.36. The average molecular weight is 306 g/mol. The summed E-state index contributed by atoms with van der Waals surface area (Å²) in [5, 5.41) is 3.09. The molecule has 0 saturated heterocycles. The molecule has 0 aliphatic carbocycles. The van der Waals surface area contributed by atoms with E-state index < -0.39 is 5.82 Å². The molecule has 106 valence electrons. The fraction of sp³-hybridized carbons (Fsp3) is 0. The van der Waals surface area contributed by atoms with Gasteiger partial charge < -0.3 is 11.1 Å². The first-order valence-electron chi connectivity index (χ1n) is 5.83. The molecule has 0 fully saturated rings. The summed E-state index contributed by atoms with van der Waals surface area (Å²) >= 11 is 5.79. The van der Waals surface area contributed by atoms with Crippen LogP contribution in [-0.2, 0) is 0 Å². The lowest BCUT2D eigenvalue weighted by atomic mass is 10.3. The van der Waals surface area contributed by atoms with E-state index in [1.807, 2.05) is 0 Å². The van der Waals surface area contributed by atoms with Crippen molar-refractivity contribution in [3.05, 3.63) is 47.8 Å². The molecule has 21 heavy (non-hydrogen) atoms. The van der Waals surface area contributed by atoms with Crippen LogP contribution in [0.15, 0.2) is 36.9 Å². The quantitative estimate of drug-likeness (QED) is 0.770. The first kappa shape index (κ1) is 13.3. The highest BCUT2D eigenvalue weighted by Gasteiger charge is 2.07. The number of aromatic nitrogens is 5. The van der Waals surface area contributed by atoms with Crippen LogP contribution in [0.2, 0.25) is 5.02 Å². The van der Waals surface area contributed by atoms with Gasteiger partial charge in [-0.1, -0.05) is 11.6 Å². The molecule has 1 aromatic carbocycles. The lowest BCUT2D eigenvalue weighted by Crippen LogP contribution is -2.08. The number of nitrogens with two attached hydrogens (primary N) is 1. The summed E-state index contributed by atoms with van der Waals surface area (Å²) in [6.45, 7) is 0. The Bertz CT molecular complexity index is 755. The number of benzene rings is 1. The van der Waals surface area contributed by atoms with Gasteiger partial charge in [-0.2, -0.15) is 15.0 Å². The maximum absolute atomic E-state index is 13.3. The summed E-state index contributed by atoms with van der Waals surface area (Å²) in [4.78, 5) is 16.0. The number of nitrogens with one attached hydrogen (secondary N) is 1. The summed E-state index contributed by atoms with van der Waals surface area (Å²) in [5.74, 6) is 0.0263. The standard InChI is InChI=1S/C12H9ClFN7/c13-7-3-8(14)5-9(4-7)17-11-18-10(15)19-12(20-11)21-2-1-16-6-21/h1-6H,(H3,15,17,18,19,20). The molecule has 9 heteroatoms.